The Bertz CT molecular complexity index is 230. The first-order valence-electron chi connectivity index (χ1n) is 2.23. The van der Waals surface area contributed by atoms with Crippen LogP contribution in [-0.2, 0) is 17.1 Å². The Morgan fingerprint density at radius 2 is 2.33 bits per heavy atom. The summed E-state index contributed by atoms with van der Waals surface area (Å²) in [6.07, 6.45) is 0. The van der Waals surface area contributed by atoms with Crippen molar-refractivity contribution in [2.75, 3.05) is 5.73 Å². The number of rotatable bonds is 0. The van der Waals surface area contributed by atoms with Crippen molar-refractivity contribution in [2.24, 2.45) is 0 Å². The number of nitrogen functional groups attached to an aromatic ring is 1. The van der Waals surface area contributed by atoms with Crippen LogP contribution in [0.15, 0.2) is 18.2 Å². The Kier molecular flexibility index (Phi) is 3.06. The van der Waals surface area contributed by atoms with Gasteiger partial charge in [-0.2, -0.15) is 12.1 Å². The van der Waals surface area contributed by atoms with E-state index in [0.717, 1.165) is 0 Å². The van der Waals surface area contributed by atoms with Gasteiger partial charge in [-0.05, 0) is 0 Å². The Morgan fingerprint density at radius 3 is 2.67 bits per heavy atom. The molecule has 3 nitrogen and oxygen atoms in total. The van der Waals surface area contributed by atoms with E-state index in [0.29, 0.717) is 5.82 Å². The first kappa shape index (κ1) is 8.27. The first-order chi connectivity index (χ1) is 3.79. The number of aromatic nitrogens is 1. The van der Waals surface area contributed by atoms with Crippen molar-refractivity contribution in [3.63, 3.8) is 0 Å². The molecule has 0 saturated carbocycles. The summed E-state index contributed by atoms with van der Waals surface area (Å²) < 4.78 is 0. The monoisotopic (exact) mass is 164 g/mol. The Hall–Kier alpha value is -0.731. The Morgan fingerprint density at radius 1 is 1.67 bits per heavy atom. The molecule has 1 aromatic rings. The van der Waals surface area contributed by atoms with Crippen molar-refractivity contribution in [1.29, 1.82) is 5.41 Å². The van der Waals surface area contributed by atoms with Gasteiger partial charge in [0.2, 0.25) is 0 Å². The molecule has 0 atom stereocenters. The fourth-order valence-corrected chi connectivity index (χ4v) is 0.451. The third kappa shape index (κ3) is 2.35. The number of pyridine rings is 1. The maximum Gasteiger partial charge on any atom is 2.00 e. The maximum atomic E-state index is 6.94. The van der Waals surface area contributed by atoms with Gasteiger partial charge in [-0.15, -0.1) is 0 Å². The minimum absolute atomic E-state index is 0. The second-order valence-electron chi connectivity index (χ2n) is 1.45. The van der Waals surface area contributed by atoms with Crippen molar-refractivity contribution >= 4 is 5.82 Å². The van der Waals surface area contributed by atoms with Crippen molar-refractivity contribution in [1.82, 2.24) is 4.98 Å². The van der Waals surface area contributed by atoms with Crippen LogP contribution in [0.4, 0.5) is 5.82 Å². The summed E-state index contributed by atoms with van der Waals surface area (Å²) >= 11 is 0. The largest absolute Gasteiger partial charge is 2.00 e. The van der Waals surface area contributed by atoms with E-state index in [9.17, 15) is 0 Å². The molecule has 0 aliphatic rings. The van der Waals surface area contributed by atoms with Crippen LogP contribution in [0.25, 0.3) is 0 Å². The van der Waals surface area contributed by atoms with Crippen LogP contribution in [-0.4, -0.2) is 4.98 Å². The SMILES string of the molecule is N=c1cc[cH-]c(N)n1.[Fe+2]. The molecule has 0 spiro atoms. The molecule has 0 amide bonds. The zero-order valence-corrected chi connectivity index (χ0v) is 5.71. The van der Waals surface area contributed by atoms with Gasteiger partial charge in [-0.1, -0.05) is 0 Å². The minimum atomic E-state index is 0. The van der Waals surface area contributed by atoms with E-state index in [-0.39, 0.29) is 22.6 Å². The van der Waals surface area contributed by atoms with Crippen molar-refractivity contribution in [2.45, 2.75) is 0 Å². The number of hydrogen-bond donors (Lipinski definition) is 2. The molecule has 1 heterocycles. The molecule has 0 saturated heterocycles. The van der Waals surface area contributed by atoms with Gasteiger partial charge < -0.3 is 11.1 Å². The summed E-state index contributed by atoms with van der Waals surface area (Å²) in [6, 6.07) is 4.93. The van der Waals surface area contributed by atoms with Gasteiger partial charge in [-0.3, -0.25) is 4.98 Å². The molecule has 0 aromatic carbocycles. The summed E-state index contributed by atoms with van der Waals surface area (Å²) in [6.45, 7) is 0. The fourth-order valence-electron chi connectivity index (χ4n) is 0.451. The number of anilines is 1. The maximum absolute atomic E-state index is 6.94. The summed E-state index contributed by atoms with van der Waals surface area (Å²) in [5, 5.41) is 6.94. The topological polar surface area (TPSA) is 62.8 Å². The van der Waals surface area contributed by atoms with E-state index in [2.05, 4.69) is 4.98 Å². The summed E-state index contributed by atoms with van der Waals surface area (Å²) in [5.74, 6) is 0.400. The quantitative estimate of drug-likeness (QED) is 0.414. The second-order valence-corrected chi connectivity index (χ2v) is 1.45. The van der Waals surface area contributed by atoms with Gasteiger partial charge in [-0.25, -0.2) is 6.07 Å². The summed E-state index contributed by atoms with van der Waals surface area (Å²) in [7, 11) is 0. The second kappa shape index (κ2) is 3.33. The van der Waals surface area contributed by atoms with Gasteiger partial charge in [0, 0.05) is 5.82 Å². The van der Waals surface area contributed by atoms with Gasteiger partial charge in [0.1, 0.15) is 0 Å². The molecule has 0 bridgehead atoms. The predicted octanol–water partition coefficient (Wildman–Crippen LogP) is -0.140. The molecule has 0 aliphatic heterocycles. The molecule has 0 unspecified atom stereocenters. The zero-order chi connectivity index (χ0) is 5.98. The molecule has 0 radical (unpaired) electrons. The van der Waals surface area contributed by atoms with Crippen LogP contribution < -0.4 is 11.2 Å². The van der Waals surface area contributed by atoms with E-state index in [1.54, 1.807) is 18.2 Å². The van der Waals surface area contributed by atoms with Gasteiger partial charge in [0.25, 0.3) is 0 Å². The van der Waals surface area contributed by atoms with Crippen LogP contribution in [0, 0.1) is 5.41 Å². The van der Waals surface area contributed by atoms with Crippen LogP contribution >= 0.6 is 0 Å². The van der Waals surface area contributed by atoms with E-state index in [4.69, 9.17) is 11.1 Å². The van der Waals surface area contributed by atoms with E-state index in [1.165, 1.54) is 0 Å². The van der Waals surface area contributed by atoms with Gasteiger partial charge >= 0.3 is 17.1 Å². The average molecular weight is 164 g/mol. The molecule has 9 heavy (non-hydrogen) atoms. The molecule has 4 heteroatoms. The molecule has 0 aliphatic carbocycles. The summed E-state index contributed by atoms with van der Waals surface area (Å²) in [5.41, 5.74) is 5.44. The third-order valence-corrected chi connectivity index (χ3v) is 0.771. The van der Waals surface area contributed by atoms with Crippen molar-refractivity contribution < 1.29 is 17.1 Å². The molecular formula is C5H6FeN3+. The van der Waals surface area contributed by atoms with Gasteiger partial charge in [0.05, 0.1) is 5.49 Å². The Balaban J connectivity index is 0.000000640. The van der Waals surface area contributed by atoms with Crippen LogP contribution in [0.5, 0.6) is 0 Å². The number of nitrogens with one attached hydrogen (secondary N) is 1. The normalized spacial score (nSPS) is 8.00. The van der Waals surface area contributed by atoms with Crippen LogP contribution in [0.2, 0.25) is 0 Å². The molecule has 1 aromatic heterocycles. The molecular weight excluding hydrogens is 158 g/mol. The van der Waals surface area contributed by atoms with Gasteiger partial charge in [0.15, 0.2) is 0 Å². The van der Waals surface area contributed by atoms with Crippen LogP contribution in [0.1, 0.15) is 0 Å². The molecule has 48 valence electrons. The smallest absolute Gasteiger partial charge is 0.399 e. The predicted molar refractivity (Wildman–Crippen MR) is 30.1 cm³/mol. The third-order valence-electron chi connectivity index (χ3n) is 0.771. The van der Waals surface area contributed by atoms with E-state index < -0.39 is 0 Å². The Labute approximate surface area is 63.3 Å². The van der Waals surface area contributed by atoms with Crippen molar-refractivity contribution in [3.8, 4) is 0 Å². The number of nitrogens with zero attached hydrogens (tertiary/aromatic N) is 1. The van der Waals surface area contributed by atoms with E-state index >= 15 is 0 Å². The summed E-state index contributed by atoms with van der Waals surface area (Å²) in [4.78, 5) is 3.62. The van der Waals surface area contributed by atoms with Crippen molar-refractivity contribution in [3.05, 3.63) is 23.7 Å². The average Bonchev–Trinajstić information content (AvgIpc) is 1.64. The minimum Gasteiger partial charge on any atom is -0.399 e. The number of hydrogen-bond acceptors (Lipinski definition) is 3. The first-order valence-corrected chi connectivity index (χ1v) is 2.23. The van der Waals surface area contributed by atoms with Crippen LogP contribution in [0.3, 0.4) is 0 Å². The standard InChI is InChI=1S/C5H6N3.Fe/c6-4-2-1-3-5(7)8-4;/h1-3H,(H3,6,7,8);/q-1;+2. The molecule has 1 rings (SSSR count). The zero-order valence-electron chi connectivity index (χ0n) is 4.61. The number of nitrogens with two attached hydrogens (primary N) is 1. The molecule has 3 N–H and O–H groups in total. The van der Waals surface area contributed by atoms with E-state index in [1.807, 2.05) is 0 Å². The fraction of sp³-hybridized carbons (Fsp3) is 0. The molecule has 0 fully saturated rings.